The van der Waals surface area contributed by atoms with Gasteiger partial charge in [0.05, 0.1) is 18.3 Å². The van der Waals surface area contributed by atoms with Crippen LogP contribution in [-0.4, -0.2) is 27.8 Å². The first-order chi connectivity index (χ1) is 6.66. The molecule has 0 radical (unpaired) electrons. The molecular weight excluding hydrogens is 291 g/mol. The lowest BCUT2D eigenvalue weighted by Crippen LogP contribution is -2.23. The summed E-state index contributed by atoms with van der Waals surface area (Å²) in [7, 11) is 0. The van der Waals surface area contributed by atoms with E-state index in [1.54, 1.807) is 0 Å². The second kappa shape index (κ2) is 6.28. The van der Waals surface area contributed by atoms with Crippen molar-refractivity contribution in [1.29, 1.82) is 0 Å². The summed E-state index contributed by atoms with van der Waals surface area (Å²) in [4.78, 5) is 0. The van der Waals surface area contributed by atoms with Gasteiger partial charge >= 0.3 is 0 Å². The zero-order chi connectivity index (χ0) is 10.6. The third-order valence-corrected chi connectivity index (χ3v) is 3.88. The second-order valence-electron chi connectivity index (χ2n) is 4.27. The highest BCUT2D eigenvalue weighted by molar-refractivity contribution is 14.1. The van der Waals surface area contributed by atoms with Gasteiger partial charge in [0.1, 0.15) is 0 Å². The fourth-order valence-electron chi connectivity index (χ4n) is 2.08. The molecule has 0 bridgehead atoms. The number of alkyl halides is 1. The molecule has 3 heteroatoms. The third-order valence-electron chi connectivity index (χ3n) is 3.12. The molecule has 0 amide bonds. The molecule has 1 heterocycles. The minimum Gasteiger partial charge on any atom is -0.390 e. The minimum atomic E-state index is -0.260. The van der Waals surface area contributed by atoms with Crippen molar-refractivity contribution in [3.8, 4) is 0 Å². The van der Waals surface area contributed by atoms with E-state index in [9.17, 15) is 5.11 Å². The Labute approximate surface area is 101 Å². The SMILES string of the molecule is CC1OC(CCCCCI)[C@@H](C)[C@H]1O. The standard InChI is InChI=1S/C11H21IO2/c1-8-10(6-4-3-5-7-12)14-9(2)11(8)13/h8-11,13H,3-7H2,1-2H3/t8-,9?,10?,11-/m1/s1. The summed E-state index contributed by atoms with van der Waals surface area (Å²) < 4.78 is 6.96. The van der Waals surface area contributed by atoms with E-state index in [2.05, 4.69) is 29.5 Å². The maximum absolute atomic E-state index is 9.71. The molecule has 1 N–H and O–H groups in total. The number of halogens is 1. The largest absolute Gasteiger partial charge is 0.390 e. The molecule has 14 heavy (non-hydrogen) atoms. The highest BCUT2D eigenvalue weighted by Gasteiger charge is 2.37. The van der Waals surface area contributed by atoms with Crippen LogP contribution in [0.2, 0.25) is 0 Å². The Morgan fingerprint density at radius 1 is 1.21 bits per heavy atom. The Morgan fingerprint density at radius 3 is 2.43 bits per heavy atom. The van der Waals surface area contributed by atoms with Gasteiger partial charge in [-0.05, 0) is 24.2 Å². The maximum atomic E-state index is 9.71. The van der Waals surface area contributed by atoms with E-state index in [0.717, 1.165) is 6.42 Å². The number of ether oxygens (including phenoxy) is 1. The van der Waals surface area contributed by atoms with Gasteiger partial charge in [0.2, 0.25) is 0 Å². The molecule has 1 rings (SSSR count). The van der Waals surface area contributed by atoms with Gasteiger partial charge in [0.25, 0.3) is 0 Å². The monoisotopic (exact) mass is 312 g/mol. The fraction of sp³-hybridized carbons (Fsp3) is 1.00. The Hall–Kier alpha value is 0.650. The number of hydrogen-bond donors (Lipinski definition) is 1. The number of unbranched alkanes of at least 4 members (excludes halogenated alkanes) is 2. The highest BCUT2D eigenvalue weighted by atomic mass is 127. The molecule has 84 valence electrons. The Balaban J connectivity index is 2.19. The molecule has 0 aromatic carbocycles. The van der Waals surface area contributed by atoms with Gasteiger partial charge in [-0.1, -0.05) is 42.4 Å². The molecule has 1 saturated heterocycles. The lowest BCUT2D eigenvalue weighted by atomic mass is 9.95. The van der Waals surface area contributed by atoms with Crippen molar-refractivity contribution in [3.05, 3.63) is 0 Å². The average Bonchev–Trinajstić information content (AvgIpc) is 2.41. The summed E-state index contributed by atoms with van der Waals surface area (Å²) >= 11 is 2.41. The first-order valence-electron chi connectivity index (χ1n) is 5.56. The molecule has 1 aliphatic heterocycles. The van der Waals surface area contributed by atoms with Crippen LogP contribution in [0.5, 0.6) is 0 Å². The van der Waals surface area contributed by atoms with E-state index in [4.69, 9.17) is 4.74 Å². The molecule has 2 nitrogen and oxygen atoms in total. The summed E-state index contributed by atoms with van der Waals surface area (Å²) in [6, 6.07) is 0. The van der Waals surface area contributed by atoms with Crippen LogP contribution in [0.3, 0.4) is 0 Å². The van der Waals surface area contributed by atoms with Gasteiger partial charge in [-0.25, -0.2) is 0 Å². The third kappa shape index (κ3) is 3.35. The Kier molecular flexibility index (Phi) is 5.71. The Morgan fingerprint density at radius 2 is 1.93 bits per heavy atom. The van der Waals surface area contributed by atoms with E-state index in [0.29, 0.717) is 5.92 Å². The van der Waals surface area contributed by atoms with Gasteiger partial charge < -0.3 is 9.84 Å². The lowest BCUT2D eigenvalue weighted by Gasteiger charge is -2.14. The second-order valence-corrected chi connectivity index (χ2v) is 5.35. The van der Waals surface area contributed by atoms with E-state index in [-0.39, 0.29) is 18.3 Å². The number of hydrogen-bond acceptors (Lipinski definition) is 2. The van der Waals surface area contributed by atoms with Crippen LogP contribution in [0.1, 0.15) is 39.5 Å². The van der Waals surface area contributed by atoms with Crippen LogP contribution in [0.25, 0.3) is 0 Å². The smallest absolute Gasteiger partial charge is 0.0849 e. The first kappa shape index (κ1) is 12.7. The van der Waals surface area contributed by atoms with Gasteiger partial charge in [0.15, 0.2) is 0 Å². The summed E-state index contributed by atoms with van der Waals surface area (Å²) in [5.41, 5.74) is 0. The highest BCUT2D eigenvalue weighted by Crippen LogP contribution is 2.29. The summed E-state index contributed by atoms with van der Waals surface area (Å²) in [5, 5.41) is 9.71. The molecule has 0 aromatic rings. The molecule has 0 aromatic heterocycles. The Bertz CT molecular complexity index is 163. The van der Waals surface area contributed by atoms with Crippen LogP contribution in [0.15, 0.2) is 0 Å². The van der Waals surface area contributed by atoms with Crippen molar-refractivity contribution in [2.24, 2.45) is 5.92 Å². The van der Waals surface area contributed by atoms with Gasteiger partial charge in [-0.3, -0.25) is 0 Å². The van der Waals surface area contributed by atoms with E-state index < -0.39 is 0 Å². The summed E-state index contributed by atoms with van der Waals surface area (Å²) in [5.74, 6) is 0.310. The van der Waals surface area contributed by atoms with Crippen LogP contribution < -0.4 is 0 Å². The van der Waals surface area contributed by atoms with Crippen molar-refractivity contribution in [2.75, 3.05) is 4.43 Å². The fourth-order valence-corrected chi connectivity index (χ4v) is 2.61. The molecule has 0 saturated carbocycles. The molecule has 1 aliphatic rings. The number of rotatable bonds is 5. The number of aliphatic hydroxyl groups excluding tert-OH is 1. The first-order valence-corrected chi connectivity index (χ1v) is 7.09. The normalized spacial score (nSPS) is 37.7. The van der Waals surface area contributed by atoms with Gasteiger partial charge in [-0.2, -0.15) is 0 Å². The molecule has 0 spiro atoms. The predicted molar refractivity (Wildman–Crippen MR) is 66.9 cm³/mol. The van der Waals surface area contributed by atoms with Crippen LogP contribution >= 0.6 is 22.6 Å². The zero-order valence-electron chi connectivity index (χ0n) is 9.08. The molecule has 2 unspecified atom stereocenters. The summed E-state index contributed by atoms with van der Waals surface area (Å²) in [6.45, 7) is 4.06. The molecule has 0 aliphatic carbocycles. The van der Waals surface area contributed by atoms with Crippen molar-refractivity contribution in [2.45, 2.75) is 57.8 Å². The predicted octanol–water partition coefficient (Wildman–Crippen LogP) is 2.77. The zero-order valence-corrected chi connectivity index (χ0v) is 11.2. The topological polar surface area (TPSA) is 29.5 Å². The summed E-state index contributed by atoms with van der Waals surface area (Å²) in [6.07, 6.45) is 4.99. The van der Waals surface area contributed by atoms with Crippen LogP contribution in [0, 0.1) is 5.92 Å². The van der Waals surface area contributed by atoms with Crippen LogP contribution in [0.4, 0.5) is 0 Å². The molecule has 1 fully saturated rings. The van der Waals surface area contributed by atoms with Crippen molar-refractivity contribution in [1.82, 2.24) is 0 Å². The average molecular weight is 312 g/mol. The lowest BCUT2D eigenvalue weighted by molar-refractivity contribution is 0.0182. The van der Waals surface area contributed by atoms with Crippen LogP contribution in [-0.2, 0) is 4.74 Å². The van der Waals surface area contributed by atoms with Gasteiger partial charge in [-0.15, -0.1) is 0 Å². The van der Waals surface area contributed by atoms with Gasteiger partial charge in [0, 0.05) is 5.92 Å². The molecular formula is C11H21IO2. The minimum absolute atomic E-state index is 0.0274. The van der Waals surface area contributed by atoms with Crippen molar-refractivity contribution in [3.63, 3.8) is 0 Å². The maximum Gasteiger partial charge on any atom is 0.0849 e. The van der Waals surface area contributed by atoms with E-state index in [1.807, 2.05) is 6.92 Å². The molecule has 4 atom stereocenters. The quantitative estimate of drug-likeness (QED) is 0.480. The van der Waals surface area contributed by atoms with Crippen molar-refractivity contribution < 1.29 is 9.84 Å². The van der Waals surface area contributed by atoms with E-state index in [1.165, 1.54) is 23.7 Å². The van der Waals surface area contributed by atoms with E-state index >= 15 is 0 Å². The van der Waals surface area contributed by atoms with Crippen molar-refractivity contribution >= 4 is 22.6 Å². The number of aliphatic hydroxyl groups is 1.